The first kappa shape index (κ1) is 18.9. The summed E-state index contributed by atoms with van der Waals surface area (Å²) in [6.45, 7) is 23.2. The molecule has 0 bridgehead atoms. The van der Waals surface area contributed by atoms with Gasteiger partial charge in [0, 0.05) is 22.2 Å². The minimum atomic E-state index is 0.168. The van der Waals surface area contributed by atoms with Crippen LogP contribution in [0.2, 0.25) is 0 Å². The summed E-state index contributed by atoms with van der Waals surface area (Å²) < 4.78 is 0. The Kier molecular flexibility index (Phi) is 5.34. The van der Waals surface area contributed by atoms with E-state index in [0.29, 0.717) is 0 Å². The molecule has 0 spiro atoms. The molecule has 0 aliphatic carbocycles. The zero-order valence-corrected chi connectivity index (χ0v) is 15.6. The van der Waals surface area contributed by atoms with Gasteiger partial charge in [-0.05, 0) is 89.8 Å². The highest BCUT2D eigenvalue weighted by Crippen LogP contribution is 2.35. The second-order valence-electron chi connectivity index (χ2n) is 9.26. The van der Waals surface area contributed by atoms with E-state index in [-0.39, 0.29) is 22.2 Å². The number of nitrogens with zero attached hydrogens (tertiary/aromatic N) is 2. The lowest BCUT2D eigenvalue weighted by Crippen LogP contribution is -2.59. The van der Waals surface area contributed by atoms with Crippen LogP contribution in [0.3, 0.4) is 0 Å². The fourth-order valence-corrected chi connectivity index (χ4v) is 3.11. The summed E-state index contributed by atoms with van der Waals surface area (Å²) in [5, 5.41) is 0. The van der Waals surface area contributed by atoms with Crippen LogP contribution in [0.1, 0.15) is 75.7 Å². The van der Waals surface area contributed by atoms with Crippen molar-refractivity contribution in [3.63, 3.8) is 0 Å². The third-order valence-corrected chi connectivity index (χ3v) is 4.69. The molecule has 0 saturated heterocycles. The van der Waals surface area contributed by atoms with Crippen molar-refractivity contribution in [2.75, 3.05) is 14.1 Å². The monoisotopic (exact) mass is 270 g/mol. The Balaban J connectivity index is 5.11. The largest absolute Gasteiger partial charge is 0.296 e. The predicted molar refractivity (Wildman–Crippen MR) is 87.8 cm³/mol. The van der Waals surface area contributed by atoms with Crippen LogP contribution in [-0.4, -0.2) is 46.1 Å². The average Bonchev–Trinajstić information content (AvgIpc) is 2.10. The number of rotatable bonds is 4. The maximum atomic E-state index is 2.50. The van der Waals surface area contributed by atoms with E-state index < -0.39 is 0 Å². The van der Waals surface area contributed by atoms with Gasteiger partial charge in [-0.2, -0.15) is 0 Å². The highest BCUT2D eigenvalue weighted by atomic mass is 15.3. The summed E-state index contributed by atoms with van der Waals surface area (Å²) in [6, 6.07) is 0. The van der Waals surface area contributed by atoms with Gasteiger partial charge in [0.05, 0.1) is 0 Å². The molecule has 0 aliphatic rings. The van der Waals surface area contributed by atoms with Crippen LogP contribution in [0.5, 0.6) is 0 Å². The summed E-state index contributed by atoms with van der Waals surface area (Å²) in [5.41, 5.74) is 0.724. The van der Waals surface area contributed by atoms with Crippen molar-refractivity contribution in [1.29, 1.82) is 0 Å². The first-order chi connectivity index (χ1) is 8.02. The molecule has 2 nitrogen and oxygen atoms in total. The smallest absolute Gasteiger partial charge is 0.0172 e. The summed E-state index contributed by atoms with van der Waals surface area (Å²) in [4.78, 5) is 5.00. The maximum Gasteiger partial charge on any atom is 0.0172 e. The van der Waals surface area contributed by atoms with Crippen molar-refractivity contribution < 1.29 is 0 Å². The van der Waals surface area contributed by atoms with E-state index in [1.54, 1.807) is 0 Å². The van der Waals surface area contributed by atoms with E-state index in [2.05, 4.69) is 93.1 Å². The quantitative estimate of drug-likeness (QED) is 0.747. The molecule has 2 heteroatoms. The Labute approximate surface area is 122 Å². The molecule has 19 heavy (non-hydrogen) atoms. The highest BCUT2D eigenvalue weighted by molar-refractivity contribution is 4.97. The van der Waals surface area contributed by atoms with Crippen LogP contribution in [0.4, 0.5) is 0 Å². The molecule has 0 rings (SSSR count). The molecule has 0 radical (unpaired) electrons. The van der Waals surface area contributed by atoms with Crippen LogP contribution in [-0.2, 0) is 0 Å². The molecule has 0 aromatic heterocycles. The fourth-order valence-electron chi connectivity index (χ4n) is 3.11. The fraction of sp³-hybridized carbons (Fsp3) is 1.00. The van der Waals surface area contributed by atoms with Gasteiger partial charge in [-0.3, -0.25) is 9.80 Å². The standard InChI is InChI=1S/C17H38N2/c1-14(2,3)18(11)16(7,8)13-17(9,10)19(12)15(4,5)6/h13H2,1-12H3. The minimum absolute atomic E-state index is 0.168. The van der Waals surface area contributed by atoms with Gasteiger partial charge < -0.3 is 0 Å². The van der Waals surface area contributed by atoms with Gasteiger partial charge in [0.1, 0.15) is 0 Å². The normalized spacial score (nSPS) is 15.5. The van der Waals surface area contributed by atoms with E-state index in [0.717, 1.165) is 6.42 Å². The SMILES string of the molecule is CN(C(C)(C)C)C(C)(C)CC(C)(C)N(C)C(C)(C)C. The molecule has 0 fully saturated rings. The first-order valence-corrected chi connectivity index (χ1v) is 7.50. The van der Waals surface area contributed by atoms with E-state index >= 15 is 0 Å². The van der Waals surface area contributed by atoms with Gasteiger partial charge in [-0.1, -0.05) is 0 Å². The molecule has 0 unspecified atom stereocenters. The Hall–Kier alpha value is -0.0800. The molecule has 0 N–H and O–H groups in total. The molecule has 0 atom stereocenters. The third-order valence-electron chi connectivity index (χ3n) is 4.69. The van der Waals surface area contributed by atoms with Gasteiger partial charge in [-0.15, -0.1) is 0 Å². The topological polar surface area (TPSA) is 6.48 Å². The summed E-state index contributed by atoms with van der Waals surface area (Å²) in [5.74, 6) is 0. The molecule has 0 heterocycles. The first-order valence-electron chi connectivity index (χ1n) is 7.50. The summed E-state index contributed by atoms with van der Waals surface area (Å²) in [6.07, 6.45) is 1.14. The highest BCUT2D eigenvalue weighted by Gasteiger charge is 2.40. The number of hydrogen-bond donors (Lipinski definition) is 0. The van der Waals surface area contributed by atoms with Crippen LogP contribution in [0, 0.1) is 0 Å². The summed E-state index contributed by atoms with van der Waals surface area (Å²) in [7, 11) is 4.49. The van der Waals surface area contributed by atoms with Crippen molar-refractivity contribution in [2.45, 2.75) is 97.8 Å². The van der Waals surface area contributed by atoms with E-state index in [1.807, 2.05) is 0 Å². The molecule has 0 aliphatic heterocycles. The summed E-state index contributed by atoms with van der Waals surface area (Å²) >= 11 is 0. The minimum Gasteiger partial charge on any atom is -0.296 e. The second-order valence-corrected chi connectivity index (χ2v) is 9.26. The lowest BCUT2D eigenvalue weighted by atomic mass is 9.81. The average molecular weight is 271 g/mol. The molecule has 0 aromatic carbocycles. The maximum absolute atomic E-state index is 2.50. The molecule has 0 amide bonds. The number of hydrogen-bond acceptors (Lipinski definition) is 2. The van der Waals surface area contributed by atoms with Crippen molar-refractivity contribution in [1.82, 2.24) is 9.80 Å². The van der Waals surface area contributed by atoms with Crippen molar-refractivity contribution in [3.05, 3.63) is 0 Å². The molecule has 116 valence electrons. The van der Waals surface area contributed by atoms with Crippen molar-refractivity contribution in [2.24, 2.45) is 0 Å². The van der Waals surface area contributed by atoms with Gasteiger partial charge in [0.2, 0.25) is 0 Å². The molecule has 0 aromatic rings. The predicted octanol–water partition coefficient (Wildman–Crippen LogP) is 4.39. The van der Waals surface area contributed by atoms with Crippen LogP contribution >= 0.6 is 0 Å². The van der Waals surface area contributed by atoms with Gasteiger partial charge >= 0.3 is 0 Å². The van der Waals surface area contributed by atoms with Crippen molar-refractivity contribution in [3.8, 4) is 0 Å². The van der Waals surface area contributed by atoms with E-state index in [1.165, 1.54) is 0 Å². The Bertz CT molecular complexity index is 259. The van der Waals surface area contributed by atoms with Gasteiger partial charge in [-0.25, -0.2) is 0 Å². The zero-order valence-electron chi connectivity index (χ0n) is 15.6. The van der Waals surface area contributed by atoms with Crippen molar-refractivity contribution >= 4 is 0 Å². The van der Waals surface area contributed by atoms with Crippen LogP contribution in [0.25, 0.3) is 0 Å². The Morgan fingerprint density at radius 3 is 0.895 bits per heavy atom. The lowest BCUT2D eigenvalue weighted by molar-refractivity contribution is -0.0180. The van der Waals surface area contributed by atoms with E-state index in [9.17, 15) is 0 Å². The lowest BCUT2D eigenvalue weighted by Gasteiger charge is -2.52. The van der Waals surface area contributed by atoms with Gasteiger partial charge in [0.25, 0.3) is 0 Å². The molecule has 0 saturated carbocycles. The Morgan fingerprint density at radius 1 is 0.526 bits per heavy atom. The second kappa shape index (κ2) is 5.37. The Morgan fingerprint density at radius 2 is 0.737 bits per heavy atom. The molecular weight excluding hydrogens is 232 g/mol. The van der Waals surface area contributed by atoms with E-state index in [4.69, 9.17) is 0 Å². The van der Waals surface area contributed by atoms with Crippen LogP contribution in [0.15, 0.2) is 0 Å². The third kappa shape index (κ3) is 5.07. The zero-order chi connectivity index (χ0) is 15.9. The molecular formula is C17H38N2. The van der Waals surface area contributed by atoms with Crippen LogP contribution < -0.4 is 0 Å². The van der Waals surface area contributed by atoms with Gasteiger partial charge in [0.15, 0.2) is 0 Å².